The second-order valence-electron chi connectivity index (χ2n) is 8.21. The van der Waals surface area contributed by atoms with Crippen LogP contribution >= 0.6 is 0 Å². The lowest BCUT2D eigenvalue weighted by Gasteiger charge is -2.24. The van der Waals surface area contributed by atoms with E-state index in [0.29, 0.717) is 25.7 Å². The van der Waals surface area contributed by atoms with E-state index in [1.165, 1.54) is 12.2 Å². The third-order valence-corrected chi connectivity index (χ3v) is 5.95. The lowest BCUT2D eigenvalue weighted by Crippen LogP contribution is -2.23. The summed E-state index contributed by atoms with van der Waals surface area (Å²) >= 11 is 0. The zero-order chi connectivity index (χ0) is 22.1. The minimum absolute atomic E-state index is 0.0590. The maximum Gasteiger partial charge on any atom is 0.303 e. The summed E-state index contributed by atoms with van der Waals surface area (Å²) in [7, 11) is 0. The molecule has 0 spiro atoms. The van der Waals surface area contributed by atoms with Crippen LogP contribution in [0.15, 0.2) is 24.3 Å². The van der Waals surface area contributed by atoms with Crippen molar-refractivity contribution in [2.24, 2.45) is 11.8 Å². The second-order valence-corrected chi connectivity index (χ2v) is 8.21. The summed E-state index contributed by atoms with van der Waals surface area (Å²) < 4.78 is 26.9. The molecule has 1 aromatic carbocycles. The van der Waals surface area contributed by atoms with Crippen LogP contribution in [0.25, 0.3) is 6.08 Å². The number of hydrogen-bond acceptors (Lipinski definition) is 4. The fourth-order valence-electron chi connectivity index (χ4n) is 4.31. The Labute approximate surface area is 176 Å². The van der Waals surface area contributed by atoms with Crippen molar-refractivity contribution in [2.75, 3.05) is 0 Å². The summed E-state index contributed by atoms with van der Waals surface area (Å²) in [6, 6.07) is 3.12. The minimum Gasteiger partial charge on any atom is -0.481 e. The Kier molecular flexibility index (Phi) is 9.88. The van der Waals surface area contributed by atoms with Crippen LogP contribution in [-0.4, -0.2) is 44.7 Å². The van der Waals surface area contributed by atoms with Gasteiger partial charge in [0.25, 0.3) is 0 Å². The van der Waals surface area contributed by atoms with Crippen LogP contribution < -0.4 is 0 Å². The predicted molar refractivity (Wildman–Crippen MR) is 110 cm³/mol. The molecule has 0 bridgehead atoms. The van der Waals surface area contributed by atoms with Crippen molar-refractivity contribution in [1.29, 1.82) is 0 Å². The summed E-state index contributed by atoms with van der Waals surface area (Å²) in [6.45, 7) is 0. The molecule has 1 unspecified atom stereocenters. The van der Waals surface area contributed by atoms with E-state index in [2.05, 4.69) is 0 Å². The van der Waals surface area contributed by atoms with Gasteiger partial charge in [0.15, 0.2) is 0 Å². The fraction of sp³-hybridized carbons (Fsp3) is 0.609. The number of aliphatic carboxylic acids is 1. The van der Waals surface area contributed by atoms with Gasteiger partial charge in [-0.15, -0.1) is 0 Å². The van der Waals surface area contributed by atoms with Crippen molar-refractivity contribution in [3.8, 4) is 0 Å². The van der Waals surface area contributed by atoms with Crippen LogP contribution in [0.4, 0.5) is 8.78 Å². The smallest absolute Gasteiger partial charge is 0.303 e. The molecule has 5 atom stereocenters. The molecule has 0 aliphatic heterocycles. The maximum absolute atomic E-state index is 13.6. The van der Waals surface area contributed by atoms with E-state index in [0.717, 1.165) is 43.9 Å². The number of aliphatic hydroxyl groups is 3. The molecule has 168 valence electrons. The van der Waals surface area contributed by atoms with E-state index in [1.807, 2.05) is 0 Å². The Bertz CT molecular complexity index is 709. The monoisotopic (exact) mass is 426 g/mol. The molecule has 4 N–H and O–H groups in total. The lowest BCUT2D eigenvalue weighted by molar-refractivity contribution is -0.137. The van der Waals surface area contributed by atoms with E-state index < -0.39 is 35.9 Å². The standard InChI is InChI=1S/C23H32F2O5/c24-16-8-12-20(25)15(13-16)7-9-17(26)10-11-19-18(21(27)14-22(19)28)5-3-1-2-4-6-23(29)30/h7-9,12-13,17-19,21-22,26-28H,1-6,10-11,14H2,(H,29,30)/t17?,18-,19-,21+,22-/m1/s1. The first kappa shape index (κ1) is 24.4. The predicted octanol–water partition coefficient (Wildman–Crippen LogP) is 3.90. The van der Waals surface area contributed by atoms with Gasteiger partial charge in [0.05, 0.1) is 18.3 Å². The summed E-state index contributed by atoms with van der Waals surface area (Å²) in [4.78, 5) is 10.5. The van der Waals surface area contributed by atoms with Crippen LogP contribution in [0.2, 0.25) is 0 Å². The topological polar surface area (TPSA) is 98.0 Å². The molecule has 1 saturated carbocycles. The number of rotatable bonds is 12. The average Bonchev–Trinajstić information content (AvgIpc) is 2.95. The number of carboxylic acids is 1. The number of unbranched alkanes of at least 4 members (excludes halogenated alkanes) is 3. The molecule has 1 aliphatic carbocycles. The number of benzene rings is 1. The fourth-order valence-corrected chi connectivity index (χ4v) is 4.31. The van der Waals surface area contributed by atoms with Crippen molar-refractivity contribution in [3.05, 3.63) is 41.5 Å². The highest BCUT2D eigenvalue weighted by atomic mass is 19.1. The van der Waals surface area contributed by atoms with Crippen LogP contribution in [0.5, 0.6) is 0 Å². The van der Waals surface area contributed by atoms with Gasteiger partial charge in [0.2, 0.25) is 0 Å². The van der Waals surface area contributed by atoms with Crippen molar-refractivity contribution in [3.63, 3.8) is 0 Å². The molecule has 0 saturated heterocycles. The molecule has 1 fully saturated rings. The highest BCUT2D eigenvalue weighted by molar-refractivity contribution is 5.66. The van der Waals surface area contributed by atoms with Crippen molar-refractivity contribution in [1.82, 2.24) is 0 Å². The van der Waals surface area contributed by atoms with E-state index in [-0.39, 0.29) is 23.8 Å². The summed E-state index contributed by atoms with van der Waals surface area (Å²) in [5, 5.41) is 39.4. The van der Waals surface area contributed by atoms with Crippen molar-refractivity contribution in [2.45, 2.75) is 76.1 Å². The zero-order valence-corrected chi connectivity index (χ0v) is 17.1. The SMILES string of the molecule is O=C(O)CCCCCC[C@@H]1[C@@H](CCC(O)C=Cc2cc(F)ccc2F)[C@H](O)C[C@@H]1O. The van der Waals surface area contributed by atoms with Gasteiger partial charge in [-0.05, 0) is 62.1 Å². The first-order valence-electron chi connectivity index (χ1n) is 10.7. The summed E-state index contributed by atoms with van der Waals surface area (Å²) in [5.74, 6) is -2.11. The highest BCUT2D eigenvalue weighted by Gasteiger charge is 2.40. The zero-order valence-electron chi connectivity index (χ0n) is 17.1. The first-order valence-corrected chi connectivity index (χ1v) is 10.7. The molecule has 0 amide bonds. The molecule has 5 nitrogen and oxygen atoms in total. The summed E-state index contributed by atoms with van der Waals surface area (Å²) in [5.41, 5.74) is 0.0612. The minimum atomic E-state index is -0.866. The van der Waals surface area contributed by atoms with Crippen LogP contribution in [-0.2, 0) is 4.79 Å². The second kappa shape index (κ2) is 12.1. The Balaban J connectivity index is 1.80. The molecule has 0 aromatic heterocycles. The third kappa shape index (κ3) is 7.78. The maximum atomic E-state index is 13.6. The lowest BCUT2D eigenvalue weighted by atomic mass is 9.85. The molecule has 1 aliphatic rings. The number of carbonyl (C=O) groups is 1. The van der Waals surface area contributed by atoms with E-state index >= 15 is 0 Å². The normalized spacial score (nSPS) is 25.1. The molecule has 2 rings (SSSR count). The number of carboxylic acid groups (broad SMARTS) is 1. The molecular weight excluding hydrogens is 394 g/mol. The Morgan fingerprint density at radius 3 is 2.43 bits per heavy atom. The van der Waals surface area contributed by atoms with Gasteiger partial charge in [-0.2, -0.15) is 0 Å². The Hall–Kier alpha value is -1.83. The van der Waals surface area contributed by atoms with Crippen molar-refractivity contribution >= 4 is 12.0 Å². The van der Waals surface area contributed by atoms with E-state index in [4.69, 9.17) is 5.11 Å². The van der Waals surface area contributed by atoms with Gasteiger partial charge in [-0.3, -0.25) is 4.79 Å². The van der Waals surface area contributed by atoms with Gasteiger partial charge in [0.1, 0.15) is 11.6 Å². The van der Waals surface area contributed by atoms with E-state index in [9.17, 15) is 28.9 Å². The summed E-state index contributed by atoms with van der Waals surface area (Å²) in [6.07, 6.45) is 5.95. The van der Waals surface area contributed by atoms with Gasteiger partial charge in [-0.1, -0.05) is 31.4 Å². The van der Waals surface area contributed by atoms with Crippen LogP contribution in [0.1, 0.15) is 63.4 Å². The molecule has 0 radical (unpaired) electrons. The Morgan fingerprint density at radius 2 is 1.73 bits per heavy atom. The van der Waals surface area contributed by atoms with Crippen molar-refractivity contribution < 1.29 is 34.0 Å². The molecular formula is C23H32F2O5. The largest absolute Gasteiger partial charge is 0.481 e. The van der Waals surface area contributed by atoms with Gasteiger partial charge in [-0.25, -0.2) is 8.78 Å². The molecule has 0 heterocycles. The van der Waals surface area contributed by atoms with Gasteiger partial charge >= 0.3 is 5.97 Å². The molecule has 1 aromatic rings. The van der Waals surface area contributed by atoms with Crippen LogP contribution in [0.3, 0.4) is 0 Å². The van der Waals surface area contributed by atoms with Crippen LogP contribution in [0, 0.1) is 23.5 Å². The number of halogens is 2. The third-order valence-electron chi connectivity index (χ3n) is 5.95. The van der Waals surface area contributed by atoms with Gasteiger partial charge < -0.3 is 20.4 Å². The quantitative estimate of drug-likeness (QED) is 0.380. The molecule has 7 heteroatoms. The highest BCUT2D eigenvalue weighted by Crippen LogP contribution is 2.39. The number of aliphatic hydroxyl groups excluding tert-OH is 3. The average molecular weight is 427 g/mol. The number of hydrogen-bond donors (Lipinski definition) is 4. The van der Waals surface area contributed by atoms with E-state index in [1.54, 1.807) is 0 Å². The Morgan fingerprint density at radius 1 is 1.07 bits per heavy atom. The molecule has 30 heavy (non-hydrogen) atoms. The first-order chi connectivity index (χ1) is 14.3. The van der Waals surface area contributed by atoms with Gasteiger partial charge in [0, 0.05) is 12.0 Å².